The van der Waals surface area contributed by atoms with E-state index < -0.39 is 5.97 Å². The van der Waals surface area contributed by atoms with Gasteiger partial charge in [-0.25, -0.2) is 14.8 Å². The van der Waals surface area contributed by atoms with E-state index in [1.807, 2.05) is 19.1 Å². The number of hydrogen-bond acceptors (Lipinski definition) is 4. The highest BCUT2D eigenvalue weighted by atomic mass is 16.4. The Morgan fingerprint density at radius 3 is 2.85 bits per heavy atom. The Hall–Kier alpha value is -2.30. The molecule has 3 rings (SSSR count). The summed E-state index contributed by atoms with van der Waals surface area (Å²) in [7, 11) is 0. The van der Waals surface area contributed by atoms with Gasteiger partial charge in [-0.2, -0.15) is 0 Å². The van der Waals surface area contributed by atoms with Crippen molar-refractivity contribution in [3.63, 3.8) is 0 Å². The van der Waals surface area contributed by atoms with Gasteiger partial charge < -0.3 is 5.11 Å². The maximum absolute atomic E-state index is 11.2. The lowest BCUT2D eigenvalue weighted by atomic mass is 10.1. The summed E-state index contributed by atoms with van der Waals surface area (Å²) in [6, 6.07) is 3.88. The van der Waals surface area contributed by atoms with E-state index in [4.69, 9.17) is 0 Å². The van der Waals surface area contributed by atoms with E-state index in [0.717, 1.165) is 30.5 Å². The number of nitrogens with zero attached hydrogens (tertiary/aromatic N) is 3. The molecule has 1 aliphatic carbocycles. The molecule has 0 aromatic carbocycles. The lowest BCUT2D eigenvalue weighted by molar-refractivity contribution is 0.0694. The molecule has 2 aromatic rings. The van der Waals surface area contributed by atoms with Crippen molar-refractivity contribution >= 4 is 5.97 Å². The average Bonchev–Trinajstić information content (AvgIpc) is 3.31. The topological polar surface area (TPSA) is 76.0 Å². The summed E-state index contributed by atoms with van der Waals surface area (Å²) in [6.45, 7) is 2.05. The molecule has 2 aromatic heterocycles. The van der Waals surface area contributed by atoms with Gasteiger partial charge in [-0.15, -0.1) is 0 Å². The highest BCUT2D eigenvalue weighted by Gasteiger charge is 2.30. The molecule has 102 valence electrons. The molecular formula is C15H15N3O2. The van der Waals surface area contributed by atoms with Crippen LogP contribution in [0.1, 0.15) is 47.3 Å². The van der Waals surface area contributed by atoms with Crippen molar-refractivity contribution < 1.29 is 9.90 Å². The molecule has 1 fully saturated rings. The van der Waals surface area contributed by atoms with Crippen LogP contribution in [0.4, 0.5) is 0 Å². The highest BCUT2D eigenvalue weighted by Crippen LogP contribution is 2.41. The predicted molar refractivity (Wildman–Crippen MR) is 73.6 cm³/mol. The van der Waals surface area contributed by atoms with Crippen LogP contribution in [-0.4, -0.2) is 26.0 Å². The molecule has 0 bridgehead atoms. The van der Waals surface area contributed by atoms with Crippen molar-refractivity contribution in [2.45, 2.75) is 32.1 Å². The minimum Gasteiger partial charge on any atom is -0.478 e. The standard InChI is InChI=1S/C15H15N3O2/c1-2-9-4-3-7-16-13(9)14-17-8-11(15(19)20)12(18-14)10-5-6-10/h3-4,7-8,10H,2,5-6H2,1H3,(H,19,20). The number of pyridine rings is 1. The molecule has 5 heteroatoms. The first-order valence-corrected chi connectivity index (χ1v) is 6.75. The van der Waals surface area contributed by atoms with Crippen molar-refractivity contribution in [3.05, 3.63) is 41.3 Å². The molecule has 20 heavy (non-hydrogen) atoms. The summed E-state index contributed by atoms with van der Waals surface area (Å²) >= 11 is 0. The van der Waals surface area contributed by atoms with Gasteiger partial charge in [0, 0.05) is 18.3 Å². The van der Waals surface area contributed by atoms with Gasteiger partial charge in [0.15, 0.2) is 5.82 Å². The number of carbonyl (C=O) groups is 1. The molecule has 0 radical (unpaired) electrons. The zero-order chi connectivity index (χ0) is 14.1. The van der Waals surface area contributed by atoms with Crippen LogP contribution >= 0.6 is 0 Å². The zero-order valence-electron chi connectivity index (χ0n) is 11.2. The van der Waals surface area contributed by atoms with Crippen LogP contribution in [0.3, 0.4) is 0 Å². The molecule has 0 unspecified atom stereocenters. The molecule has 0 spiro atoms. The van der Waals surface area contributed by atoms with Gasteiger partial charge in [-0.3, -0.25) is 4.98 Å². The summed E-state index contributed by atoms with van der Waals surface area (Å²) in [4.78, 5) is 24.2. The second-order valence-electron chi connectivity index (χ2n) is 4.94. The average molecular weight is 269 g/mol. The van der Waals surface area contributed by atoms with Gasteiger partial charge in [0.05, 0.1) is 11.3 Å². The Balaban J connectivity index is 2.11. The molecule has 1 aliphatic rings. The van der Waals surface area contributed by atoms with Crippen LogP contribution in [0.25, 0.3) is 11.5 Å². The van der Waals surface area contributed by atoms with E-state index in [1.165, 1.54) is 6.20 Å². The third kappa shape index (κ3) is 2.27. The van der Waals surface area contributed by atoms with Gasteiger partial charge in [-0.05, 0) is 30.9 Å². The molecule has 0 amide bonds. The first kappa shape index (κ1) is 12.7. The molecule has 0 saturated heterocycles. The molecular weight excluding hydrogens is 254 g/mol. The minimum absolute atomic E-state index is 0.213. The normalized spacial score (nSPS) is 14.2. The molecule has 2 heterocycles. The van der Waals surface area contributed by atoms with Crippen LogP contribution < -0.4 is 0 Å². The number of aryl methyl sites for hydroxylation is 1. The Morgan fingerprint density at radius 1 is 1.40 bits per heavy atom. The Bertz CT molecular complexity index is 666. The maximum atomic E-state index is 11.2. The van der Waals surface area contributed by atoms with Crippen molar-refractivity contribution in [1.82, 2.24) is 15.0 Å². The third-order valence-corrected chi connectivity index (χ3v) is 3.50. The maximum Gasteiger partial charge on any atom is 0.339 e. The molecule has 0 aliphatic heterocycles. The lowest BCUT2D eigenvalue weighted by Gasteiger charge is -2.08. The van der Waals surface area contributed by atoms with E-state index in [9.17, 15) is 9.90 Å². The monoisotopic (exact) mass is 269 g/mol. The van der Waals surface area contributed by atoms with E-state index in [2.05, 4.69) is 15.0 Å². The summed E-state index contributed by atoms with van der Waals surface area (Å²) in [5, 5.41) is 9.21. The highest BCUT2D eigenvalue weighted by molar-refractivity contribution is 5.89. The number of carboxylic acid groups (broad SMARTS) is 1. The molecule has 0 atom stereocenters. The summed E-state index contributed by atoms with van der Waals surface area (Å²) in [6.07, 6.45) is 5.96. The van der Waals surface area contributed by atoms with Crippen LogP contribution in [0.2, 0.25) is 0 Å². The van der Waals surface area contributed by atoms with Gasteiger partial charge in [-0.1, -0.05) is 13.0 Å². The number of aromatic nitrogens is 3. The number of rotatable bonds is 4. The van der Waals surface area contributed by atoms with E-state index in [0.29, 0.717) is 11.5 Å². The fourth-order valence-electron chi connectivity index (χ4n) is 2.27. The Labute approximate surface area is 116 Å². The van der Waals surface area contributed by atoms with Crippen molar-refractivity contribution in [2.75, 3.05) is 0 Å². The second-order valence-corrected chi connectivity index (χ2v) is 4.94. The van der Waals surface area contributed by atoms with Gasteiger partial charge in [0.25, 0.3) is 0 Å². The van der Waals surface area contributed by atoms with E-state index >= 15 is 0 Å². The van der Waals surface area contributed by atoms with E-state index in [1.54, 1.807) is 6.20 Å². The van der Waals surface area contributed by atoms with Gasteiger partial charge >= 0.3 is 5.97 Å². The second kappa shape index (κ2) is 5.00. The van der Waals surface area contributed by atoms with Crippen LogP contribution in [0.5, 0.6) is 0 Å². The van der Waals surface area contributed by atoms with Crippen molar-refractivity contribution in [3.8, 4) is 11.5 Å². The van der Waals surface area contributed by atoms with Crippen molar-refractivity contribution in [1.29, 1.82) is 0 Å². The fourth-order valence-corrected chi connectivity index (χ4v) is 2.27. The Kier molecular flexibility index (Phi) is 3.18. The Morgan fingerprint density at radius 2 is 2.20 bits per heavy atom. The third-order valence-electron chi connectivity index (χ3n) is 3.50. The minimum atomic E-state index is -0.963. The fraction of sp³-hybridized carbons (Fsp3) is 0.333. The summed E-state index contributed by atoms with van der Waals surface area (Å²) < 4.78 is 0. The first-order valence-electron chi connectivity index (χ1n) is 6.75. The quantitative estimate of drug-likeness (QED) is 0.923. The lowest BCUT2D eigenvalue weighted by Crippen LogP contribution is -2.07. The first-order chi connectivity index (χ1) is 9.70. The number of aromatic carboxylic acids is 1. The molecule has 5 nitrogen and oxygen atoms in total. The number of hydrogen-bond donors (Lipinski definition) is 1. The SMILES string of the molecule is CCc1cccnc1-c1ncc(C(=O)O)c(C2CC2)n1. The van der Waals surface area contributed by atoms with Gasteiger partial charge in [0.2, 0.25) is 0 Å². The zero-order valence-corrected chi connectivity index (χ0v) is 11.2. The molecule has 1 saturated carbocycles. The summed E-state index contributed by atoms with van der Waals surface area (Å²) in [5.74, 6) is -0.179. The smallest absolute Gasteiger partial charge is 0.339 e. The molecule has 1 N–H and O–H groups in total. The number of carboxylic acids is 1. The van der Waals surface area contributed by atoms with Gasteiger partial charge in [0.1, 0.15) is 5.69 Å². The van der Waals surface area contributed by atoms with Crippen LogP contribution in [0.15, 0.2) is 24.5 Å². The van der Waals surface area contributed by atoms with Crippen LogP contribution in [-0.2, 0) is 6.42 Å². The predicted octanol–water partition coefficient (Wildman–Crippen LogP) is 2.68. The van der Waals surface area contributed by atoms with Crippen molar-refractivity contribution in [2.24, 2.45) is 0 Å². The van der Waals surface area contributed by atoms with E-state index in [-0.39, 0.29) is 11.5 Å². The largest absolute Gasteiger partial charge is 0.478 e. The van der Waals surface area contributed by atoms with Crippen LogP contribution in [0, 0.1) is 0 Å². The summed E-state index contributed by atoms with van der Waals surface area (Å²) in [5.41, 5.74) is 2.67.